The zero-order valence-electron chi connectivity index (χ0n) is 6.83. The normalized spacial score (nSPS) is 8.58. The van der Waals surface area contributed by atoms with Gasteiger partial charge in [-0.1, -0.05) is 12.1 Å². The second-order valence-corrected chi connectivity index (χ2v) is 2.58. The van der Waals surface area contributed by atoms with Gasteiger partial charge >= 0.3 is 0 Å². The lowest BCUT2D eigenvalue weighted by atomic mass is 10.1. The molecule has 0 N–H and O–H groups in total. The van der Waals surface area contributed by atoms with Crippen LogP contribution in [0.5, 0.6) is 0 Å². The topological polar surface area (TPSA) is 28.1 Å². The van der Waals surface area contributed by atoms with Gasteiger partial charge in [0.25, 0.3) is 0 Å². The van der Waals surface area contributed by atoms with Crippen LogP contribution in [0.15, 0.2) is 18.2 Å². The molecule has 0 amide bonds. The summed E-state index contributed by atoms with van der Waals surface area (Å²) in [5.74, 6) is 0. The zero-order valence-corrected chi connectivity index (χ0v) is 6.83. The Morgan fingerprint density at radius 3 is 2.92 bits per heavy atom. The molecular weight excluding hydrogens is 148 g/mol. The van der Waals surface area contributed by atoms with Gasteiger partial charge in [-0.05, 0) is 18.6 Å². The molecule has 2 heteroatoms. The molecule has 0 aromatic heterocycles. The summed E-state index contributed by atoms with van der Waals surface area (Å²) in [7, 11) is 0. The highest BCUT2D eigenvalue weighted by Crippen LogP contribution is 2.10. The van der Waals surface area contributed by atoms with Crippen LogP contribution >= 0.6 is 0 Å². The summed E-state index contributed by atoms with van der Waals surface area (Å²) in [6, 6.07) is 7.62. The molecule has 0 radical (unpaired) electrons. The Bertz CT molecular complexity index is 366. The highest BCUT2D eigenvalue weighted by Gasteiger charge is 2.00. The van der Waals surface area contributed by atoms with Gasteiger partial charge in [0.15, 0.2) is 0 Å². The molecule has 0 spiro atoms. The minimum atomic E-state index is 0.356. The molecule has 2 nitrogen and oxygen atoms in total. The molecule has 0 aliphatic carbocycles. The van der Waals surface area contributed by atoms with Crippen molar-refractivity contribution in [3.8, 4) is 6.07 Å². The van der Waals surface area contributed by atoms with Gasteiger partial charge in [-0.15, -0.1) is 0 Å². The van der Waals surface area contributed by atoms with Crippen LogP contribution in [-0.2, 0) is 6.54 Å². The number of hydrogen-bond donors (Lipinski definition) is 0. The summed E-state index contributed by atoms with van der Waals surface area (Å²) in [5, 5.41) is 8.68. The highest BCUT2D eigenvalue weighted by atomic mass is 14.6. The van der Waals surface area contributed by atoms with Gasteiger partial charge < -0.3 is 4.85 Å². The molecule has 0 saturated carbocycles. The van der Waals surface area contributed by atoms with Crippen molar-refractivity contribution >= 4 is 0 Å². The van der Waals surface area contributed by atoms with E-state index in [0.29, 0.717) is 12.1 Å². The Morgan fingerprint density at radius 1 is 1.58 bits per heavy atom. The largest absolute Gasteiger partial charge is 0.312 e. The smallest absolute Gasteiger partial charge is 0.239 e. The van der Waals surface area contributed by atoms with Crippen molar-refractivity contribution in [1.29, 1.82) is 5.26 Å². The number of rotatable bonds is 1. The Morgan fingerprint density at radius 2 is 2.33 bits per heavy atom. The summed E-state index contributed by atoms with van der Waals surface area (Å²) in [4.78, 5) is 3.25. The van der Waals surface area contributed by atoms with Gasteiger partial charge in [0, 0.05) is 5.56 Å². The molecule has 0 atom stereocenters. The van der Waals surface area contributed by atoms with Crippen molar-refractivity contribution in [2.45, 2.75) is 13.5 Å². The average molecular weight is 156 g/mol. The van der Waals surface area contributed by atoms with Crippen LogP contribution in [0.1, 0.15) is 16.7 Å². The fourth-order valence-corrected chi connectivity index (χ4v) is 0.979. The SMILES string of the molecule is [C-]#[N+]Cc1ccc(C)c(C#N)c1. The molecule has 0 aliphatic heterocycles. The van der Waals surface area contributed by atoms with Crippen molar-refractivity contribution in [2.24, 2.45) is 0 Å². The van der Waals surface area contributed by atoms with Crippen LogP contribution in [0.25, 0.3) is 4.85 Å². The van der Waals surface area contributed by atoms with Gasteiger partial charge in [0.05, 0.1) is 11.6 Å². The third-order valence-electron chi connectivity index (χ3n) is 1.68. The second-order valence-electron chi connectivity index (χ2n) is 2.58. The average Bonchev–Trinajstić information content (AvgIpc) is 2.09. The Balaban J connectivity index is 3.09. The zero-order chi connectivity index (χ0) is 8.97. The fraction of sp³-hybridized carbons (Fsp3) is 0.200. The number of benzene rings is 1. The minimum absolute atomic E-state index is 0.356. The van der Waals surface area contributed by atoms with E-state index < -0.39 is 0 Å². The first-order valence-electron chi connectivity index (χ1n) is 3.61. The second kappa shape index (κ2) is 3.55. The number of hydrogen-bond acceptors (Lipinski definition) is 1. The van der Waals surface area contributed by atoms with Crippen molar-refractivity contribution in [3.63, 3.8) is 0 Å². The lowest BCUT2D eigenvalue weighted by molar-refractivity contribution is 1.24. The van der Waals surface area contributed by atoms with Gasteiger partial charge in [0.2, 0.25) is 6.54 Å². The van der Waals surface area contributed by atoms with Gasteiger partial charge in [0.1, 0.15) is 0 Å². The van der Waals surface area contributed by atoms with Crippen molar-refractivity contribution in [3.05, 3.63) is 46.3 Å². The monoisotopic (exact) mass is 156 g/mol. The van der Waals surface area contributed by atoms with Crippen LogP contribution in [0.2, 0.25) is 0 Å². The number of aryl methyl sites for hydroxylation is 1. The lowest BCUT2D eigenvalue weighted by Crippen LogP contribution is -1.85. The molecular formula is C10H8N2. The molecule has 1 rings (SSSR count). The quantitative estimate of drug-likeness (QED) is 0.573. The van der Waals surface area contributed by atoms with Crippen molar-refractivity contribution in [1.82, 2.24) is 0 Å². The van der Waals surface area contributed by atoms with Gasteiger partial charge in [-0.3, -0.25) is 0 Å². The Hall–Kier alpha value is -1.80. The molecule has 0 aliphatic rings. The first kappa shape index (κ1) is 8.30. The van der Waals surface area contributed by atoms with E-state index in [-0.39, 0.29) is 0 Å². The van der Waals surface area contributed by atoms with Crippen LogP contribution in [-0.4, -0.2) is 0 Å². The van der Waals surface area contributed by atoms with E-state index in [9.17, 15) is 0 Å². The van der Waals surface area contributed by atoms with Crippen molar-refractivity contribution < 1.29 is 0 Å². The molecule has 58 valence electrons. The molecule has 0 bridgehead atoms. The molecule has 12 heavy (non-hydrogen) atoms. The van der Waals surface area contributed by atoms with Crippen LogP contribution < -0.4 is 0 Å². The predicted molar refractivity (Wildman–Crippen MR) is 46.2 cm³/mol. The molecule has 0 fully saturated rings. The van der Waals surface area contributed by atoms with E-state index in [1.807, 2.05) is 19.1 Å². The van der Waals surface area contributed by atoms with Crippen LogP contribution in [0, 0.1) is 24.8 Å². The lowest BCUT2D eigenvalue weighted by Gasteiger charge is -1.96. The molecule has 0 saturated heterocycles. The minimum Gasteiger partial charge on any atom is -0.312 e. The number of nitriles is 1. The third-order valence-corrected chi connectivity index (χ3v) is 1.68. The summed E-state index contributed by atoms with van der Waals surface area (Å²) < 4.78 is 0. The fourth-order valence-electron chi connectivity index (χ4n) is 0.979. The Labute approximate surface area is 71.9 Å². The highest BCUT2D eigenvalue weighted by molar-refractivity contribution is 5.40. The Kier molecular flexibility index (Phi) is 2.46. The van der Waals surface area contributed by atoms with E-state index in [1.165, 1.54) is 0 Å². The maximum atomic E-state index is 8.68. The summed E-state index contributed by atoms with van der Waals surface area (Å²) >= 11 is 0. The molecule has 0 heterocycles. The standard InChI is InChI=1S/C10H8N2/c1-8-3-4-9(7-12-2)5-10(8)6-11/h3-5H,7H2,1H3. The first-order chi connectivity index (χ1) is 5.77. The molecule has 0 unspecified atom stereocenters. The maximum Gasteiger partial charge on any atom is 0.239 e. The van der Waals surface area contributed by atoms with Crippen LogP contribution in [0.4, 0.5) is 0 Å². The molecule has 1 aromatic rings. The summed E-state index contributed by atoms with van der Waals surface area (Å²) in [6.45, 7) is 8.91. The summed E-state index contributed by atoms with van der Waals surface area (Å²) in [5.41, 5.74) is 2.54. The first-order valence-corrected chi connectivity index (χ1v) is 3.61. The van der Waals surface area contributed by atoms with E-state index in [1.54, 1.807) is 6.07 Å². The van der Waals surface area contributed by atoms with E-state index in [0.717, 1.165) is 11.1 Å². The maximum absolute atomic E-state index is 8.68. The van der Waals surface area contributed by atoms with Crippen molar-refractivity contribution in [2.75, 3.05) is 0 Å². The number of nitrogens with zero attached hydrogens (tertiary/aromatic N) is 2. The van der Waals surface area contributed by atoms with Crippen LogP contribution in [0.3, 0.4) is 0 Å². The van der Waals surface area contributed by atoms with Gasteiger partial charge in [-0.2, -0.15) is 5.26 Å². The van der Waals surface area contributed by atoms with Gasteiger partial charge in [-0.25, -0.2) is 6.57 Å². The molecule has 1 aromatic carbocycles. The summed E-state index contributed by atoms with van der Waals surface area (Å²) in [6.07, 6.45) is 0. The van der Waals surface area contributed by atoms with E-state index in [2.05, 4.69) is 10.9 Å². The third kappa shape index (κ3) is 1.62. The van der Waals surface area contributed by atoms with E-state index in [4.69, 9.17) is 11.8 Å². The predicted octanol–water partition coefficient (Wildman–Crippen LogP) is 2.29. The van der Waals surface area contributed by atoms with E-state index >= 15 is 0 Å².